The van der Waals surface area contributed by atoms with Crippen LogP contribution in [0.1, 0.15) is 39.5 Å². The largest absolute Gasteiger partial charge is 0.419 e. The molecule has 0 aliphatic carbocycles. The zero-order chi connectivity index (χ0) is 17.0. The van der Waals surface area contributed by atoms with Crippen LogP contribution < -0.4 is 10.5 Å². The van der Waals surface area contributed by atoms with E-state index in [2.05, 4.69) is 18.6 Å². The average molecular weight is 340 g/mol. The van der Waals surface area contributed by atoms with Gasteiger partial charge in [-0.2, -0.15) is 0 Å². The lowest BCUT2D eigenvalue weighted by atomic mass is 10.00. The number of aromatic nitrogens is 1. The first-order chi connectivity index (χ1) is 10.9. The number of oxazole rings is 1. The molecule has 1 heterocycles. The number of fused-ring (bicyclic) bond motifs is 1. The molecule has 6 nitrogen and oxygen atoms in total. The first-order valence-electron chi connectivity index (χ1n) is 7.98. The van der Waals surface area contributed by atoms with Crippen molar-refractivity contribution in [3.8, 4) is 0 Å². The quantitative estimate of drug-likeness (QED) is 0.801. The molecule has 128 valence electrons. The van der Waals surface area contributed by atoms with Gasteiger partial charge in [-0.3, -0.25) is 4.57 Å². The van der Waals surface area contributed by atoms with Gasteiger partial charge in [0.2, 0.25) is 10.0 Å². The van der Waals surface area contributed by atoms with Crippen LogP contribution in [0.5, 0.6) is 0 Å². The molecule has 1 aromatic heterocycles. The van der Waals surface area contributed by atoms with Crippen molar-refractivity contribution < 1.29 is 12.8 Å². The maximum Gasteiger partial charge on any atom is 0.419 e. The summed E-state index contributed by atoms with van der Waals surface area (Å²) in [6, 6.07) is 4.47. The predicted molar refractivity (Wildman–Crippen MR) is 89.9 cm³/mol. The van der Waals surface area contributed by atoms with E-state index in [4.69, 9.17) is 4.42 Å². The number of nitrogens with one attached hydrogen (secondary N) is 1. The first kappa shape index (κ1) is 17.7. The normalized spacial score (nSPS) is 13.5. The molecular weight excluding hydrogens is 316 g/mol. The molecule has 7 heteroatoms. The zero-order valence-electron chi connectivity index (χ0n) is 13.8. The van der Waals surface area contributed by atoms with Gasteiger partial charge in [-0.25, -0.2) is 17.9 Å². The first-order valence-corrected chi connectivity index (χ1v) is 9.46. The summed E-state index contributed by atoms with van der Waals surface area (Å²) in [5, 5.41) is 0. The molecule has 0 fully saturated rings. The van der Waals surface area contributed by atoms with Crippen LogP contribution in [-0.2, 0) is 17.1 Å². The molecule has 0 amide bonds. The molecule has 0 aliphatic heterocycles. The molecule has 1 atom stereocenters. The van der Waals surface area contributed by atoms with Crippen molar-refractivity contribution in [3.05, 3.63) is 28.7 Å². The Morgan fingerprint density at radius 1 is 1.30 bits per heavy atom. The highest BCUT2D eigenvalue weighted by Gasteiger charge is 2.18. The number of unbranched alkanes of at least 4 members (excludes halogenated alkanes) is 1. The minimum absolute atomic E-state index is 0.115. The molecule has 0 bridgehead atoms. The van der Waals surface area contributed by atoms with Crippen molar-refractivity contribution in [2.45, 2.75) is 44.4 Å². The lowest BCUT2D eigenvalue weighted by Crippen LogP contribution is -2.29. The van der Waals surface area contributed by atoms with E-state index in [9.17, 15) is 13.2 Å². The number of benzene rings is 1. The third-order valence-electron chi connectivity index (χ3n) is 4.18. The van der Waals surface area contributed by atoms with E-state index in [0.717, 1.165) is 25.7 Å². The van der Waals surface area contributed by atoms with Gasteiger partial charge in [0.15, 0.2) is 5.58 Å². The Kier molecular flexibility index (Phi) is 5.64. The molecule has 2 rings (SSSR count). The fourth-order valence-electron chi connectivity index (χ4n) is 2.54. The van der Waals surface area contributed by atoms with Gasteiger partial charge in [0.05, 0.1) is 10.4 Å². The molecule has 0 aliphatic rings. The van der Waals surface area contributed by atoms with Crippen molar-refractivity contribution in [1.82, 2.24) is 9.29 Å². The van der Waals surface area contributed by atoms with Crippen molar-refractivity contribution in [3.63, 3.8) is 0 Å². The fourth-order valence-corrected chi connectivity index (χ4v) is 3.67. The van der Waals surface area contributed by atoms with Crippen molar-refractivity contribution in [2.24, 2.45) is 13.0 Å². The zero-order valence-corrected chi connectivity index (χ0v) is 14.6. The van der Waals surface area contributed by atoms with Crippen molar-refractivity contribution >= 4 is 21.1 Å². The number of hydrogen-bond donors (Lipinski definition) is 1. The second kappa shape index (κ2) is 7.31. The van der Waals surface area contributed by atoms with Crippen LogP contribution >= 0.6 is 0 Å². The number of hydrogen-bond acceptors (Lipinski definition) is 4. The molecular formula is C16H24N2O4S. The van der Waals surface area contributed by atoms with Crippen molar-refractivity contribution in [1.29, 1.82) is 0 Å². The predicted octanol–water partition coefficient (Wildman–Crippen LogP) is 2.63. The summed E-state index contributed by atoms with van der Waals surface area (Å²) in [5.74, 6) is -0.170. The van der Waals surface area contributed by atoms with Gasteiger partial charge in [0, 0.05) is 19.7 Å². The van der Waals surface area contributed by atoms with Crippen LogP contribution in [0.4, 0.5) is 0 Å². The van der Waals surface area contributed by atoms with E-state index < -0.39 is 15.8 Å². The minimum atomic E-state index is -3.61. The van der Waals surface area contributed by atoms with Gasteiger partial charge in [0.25, 0.3) is 0 Å². The maximum atomic E-state index is 12.4. The van der Waals surface area contributed by atoms with E-state index >= 15 is 0 Å². The van der Waals surface area contributed by atoms with E-state index in [1.165, 1.54) is 16.7 Å². The lowest BCUT2D eigenvalue weighted by Gasteiger charge is -2.15. The smallest absolute Gasteiger partial charge is 0.408 e. The summed E-state index contributed by atoms with van der Waals surface area (Å²) < 4.78 is 33.9. The molecule has 2 aromatic rings. The van der Waals surface area contributed by atoms with Crippen LogP contribution in [0.15, 0.2) is 32.3 Å². The molecule has 0 saturated heterocycles. The monoisotopic (exact) mass is 340 g/mol. The lowest BCUT2D eigenvalue weighted by molar-refractivity contribution is 0.443. The van der Waals surface area contributed by atoms with Crippen LogP contribution in [0.2, 0.25) is 0 Å². The Morgan fingerprint density at radius 3 is 2.70 bits per heavy atom. The summed E-state index contributed by atoms with van der Waals surface area (Å²) in [5.41, 5.74) is 0.849. The second-order valence-corrected chi connectivity index (χ2v) is 7.59. The van der Waals surface area contributed by atoms with Crippen LogP contribution in [-0.4, -0.2) is 19.5 Å². The van der Waals surface area contributed by atoms with Crippen LogP contribution in [0.25, 0.3) is 11.1 Å². The number of rotatable bonds is 8. The highest BCUT2D eigenvalue weighted by atomic mass is 32.2. The molecule has 1 N–H and O–H groups in total. The number of aryl methyl sites for hydroxylation is 1. The fraction of sp³-hybridized carbons (Fsp3) is 0.562. The van der Waals surface area contributed by atoms with Gasteiger partial charge < -0.3 is 4.42 Å². The maximum absolute atomic E-state index is 12.4. The SMILES string of the molecule is CCCC[C@@H](CC)CNS(=O)(=O)c1ccc2c(c1)oc(=O)n2C. The molecule has 0 unspecified atom stereocenters. The summed E-state index contributed by atoms with van der Waals surface area (Å²) >= 11 is 0. The molecule has 0 radical (unpaired) electrons. The highest BCUT2D eigenvalue weighted by Crippen LogP contribution is 2.19. The number of nitrogens with zero attached hydrogens (tertiary/aromatic N) is 1. The standard InChI is InChI=1S/C16H24N2O4S/c1-4-6-7-12(5-2)11-17-23(20,21)13-8-9-14-15(10-13)22-16(19)18(14)3/h8-10,12,17H,4-7,11H2,1-3H3/t12-/m1/s1. The van der Waals surface area contributed by atoms with E-state index in [1.807, 2.05) is 0 Å². The van der Waals surface area contributed by atoms with Crippen LogP contribution in [0, 0.1) is 5.92 Å². The second-order valence-electron chi connectivity index (χ2n) is 5.82. The topological polar surface area (TPSA) is 81.3 Å². The third kappa shape index (κ3) is 4.03. The Labute approximate surface area is 136 Å². The Morgan fingerprint density at radius 2 is 2.04 bits per heavy atom. The molecule has 0 saturated carbocycles. The molecule has 23 heavy (non-hydrogen) atoms. The van der Waals surface area contributed by atoms with Gasteiger partial charge in [0.1, 0.15) is 0 Å². The molecule has 0 spiro atoms. The van der Waals surface area contributed by atoms with Gasteiger partial charge >= 0.3 is 5.76 Å². The van der Waals surface area contributed by atoms with Gasteiger partial charge in [-0.05, 0) is 24.5 Å². The third-order valence-corrected chi connectivity index (χ3v) is 5.60. The van der Waals surface area contributed by atoms with E-state index in [-0.39, 0.29) is 10.5 Å². The minimum Gasteiger partial charge on any atom is -0.408 e. The van der Waals surface area contributed by atoms with E-state index in [0.29, 0.717) is 18.0 Å². The Hall–Kier alpha value is -1.60. The molecule has 1 aromatic carbocycles. The van der Waals surface area contributed by atoms with Crippen LogP contribution in [0.3, 0.4) is 0 Å². The average Bonchev–Trinajstić information content (AvgIpc) is 2.82. The van der Waals surface area contributed by atoms with E-state index in [1.54, 1.807) is 13.1 Å². The van der Waals surface area contributed by atoms with Crippen molar-refractivity contribution in [2.75, 3.05) is 6.54 Å². The summed E-state index contributed by atoms with van der Waals surface area (Å²) in [6.07, 6.45) is 4.16. The summed E-state index contributed by atoms with van der Waals surface area (Å²) in [6.45, 7) is 4.62. The van der Waals surface area contributed by atoms with Gasteiger partial charge in [-0.1, -0.05) is 33.1 Å². The van der Waals surface area contributed by atoms with Gasteiger partial charge in [-0.15, -0.1) is 0 Å². The summed E-state index contributed by atoms with van der Waals surface area (Å²) in [7, 11) is -2.02. The summed E-state index contributed by atoms with van der Waals surface area (Å²) in [4.78, 5) is 11.6. The highest BCUT2D eigenvalue weighted by molar-refractivity contribution is 7.89. The Bertz CT molecular complexity index is 820. The Balaban J connectivity index is 2.17. The number of sulfonamides is 1.